The quantitative estimate of drug-likeness (QED) is 0.922. The first-order valence-electron chi connectivity index (χ1n) is 7.30. The fourth-order valence-corrected chi connectivity index (χ4v) is 3.82. The predicted molar refractivity (Wildman–Crippen MR) is 79.1 cm³/mol. The average molecular weight is 292 g/mol. The van der Waals surface area contributed by atoms with Gasteiger partial charge in [0.05, 0.1) is 11.4 Å². The van der Waals surface area contributed by atoms with Gasteiger partial charge in [0.1, 0.15) is 0 Å². The molecule has 3 rings (SSSR count). The van der Waals surface area contributed by atoms with Crippen molar-refractivity contribution in [2.24, 2.45) is 0 Å². The third-order valence-corrected chi connectivity index (χ3v) is 5.10. The van der Waals surface area contributed by atoms with Crippen molar-refractivity contribution in [2.45, 2.75) is 44.6 Å². The van der Waals surface area contributed by atoms with Gasteiger partial charge in [0.2, 0.25) is 5.91 Å². The van der Waals surface area contributed by atoms with Crippen molar-refractivity contribution in [3.05, 3.63) is 21.4 Å². The lowest BCUT2D eigenvalue weighted by Gasteiger charge is -2.15. The van der Waals surface area contributed by atoms with E-state index >= 15 is 0 Å². The van der Waals surface area contributed by atoms with E-state index in [1.54, 1.807) is 18.4 Å². The van der Waals surface area contributed by atoms with Crippen LogP contribution in [-0.4, -0.2) is 36.3 Å². The maximum atomic E-state index is 12.4. The second kappa shape index (κ2) is 5.56. The first kappa shape index (κ1) is 13.6. The number of hydrogen-bond donors (Lipinski definition) is 1. The minimum absolute atomic E-state index is 0.0321. The molecule has 1 aromatic rings. The number of amides is 2. The summed E-state index contributed by atoms with van der Waals surface area (Å²) in [5, 5.41) is 2.91. The number of carbonyl (C=O) groups excluding carboxylic acids is 2. The lowest BCUT2D eigenvalue weighted by atomic mass is 9.99. The van der Waals surface area contributed by atoms with Crippen molar-refractivity contribution in [1.82, 2.24) is 10.2 Å². The molecule has 2 aliphatic rings. The number of thiophene rings is 1. The van der Waals surface area contributed by atoms with Gasteiger partial charge in [-0.2, -0.15) is 0 Å². The zero-order chi connectivity index (χ0) is 14.1. The molecule has 2 amide bonds. The zero-order valence-corrected chi connectivity index (χ0v) is 12.6. The maximum Gasteiger partial charge on any atom is 0.264 e. The molecule has 0 aromatic carbocycles. The predicted octanol–water partition coefficient (Wildman–Crippen LogP) is 1.98. The third-order valence-electron chi connectivity index (χ3n) is 3.88. The highest BCUT2D eigenvalue weighted by atomic mass is 32.1. The number of nitrogens with zero attached hydrogens (tertiary/aromatic N) is 1. The number of rotatable bonds is 4. The standard InChI is InChI=1S/C15H20N2O2S/c1-17(9-14(18)16-11-6-7-11)15(19)13-8-10-4-2-3-5-12(10)20-13/h8,11H,2-7,9H2,1H3,(H,16,18). The van der Waals surface area contributed by atoms with Gasteiger partial charge in [-0.25, -0.2) is 0 Å². The molecule has 1 fully saturated rings. The first-order chi connectivity index (χ1) is 9.63. The monoisotopic (exact) mass is 292 g/mol. The molecule has 20 heavy (non-hydrogen) atoms. The summed E-state index contributed by atoms with van der Waals surface area (Å²) >= 11 is 1.60. The van der Waals surface area contributed by atoms with Gasteiger partial charge in [0, 0.05) is 18.0 Å². The number of likely N-dealkylation sites (N-methyl/N-ethyl adjacent to an activating group) is 1. The summed E-state index contributed by atoms with van der Waals surface area (Å²) in [5.74, 6) is -0.0833. The summed E-state index contributed by atoms with van der Waals surface area (Å²) in [5.41, 5.74) is 1.33. The largest absolute Gasteiger partial charge is 0.352 e. The fourth-order valence-electron chi connectivity index (χ4n) is 2.57. The molecule has 0 bridgehead atoms. The SMILES string of the molecule is CN(CC(=O)NC1CC1)C(=O)c1cc2c(s1)CCCC2. The molecule has 1 saturated carbocycles. The molecule has 4 nitrogen and oxygen atoms in total. The highest BCUT2D eigenvalue weighted by Crippen LogP contribution is 2.30. The molecule has 2 aliphatic carbocycles. The van der Waals surface area contributed by atoms with Crippen molar-refractivity contribution in [3.63, 3.8) is 0 Å². The molecule has 0 saturated heterocycles. The molecule has 0 radical (unpaired) electrons. The molecular weight excluding hydrogens is 272 g/mol. The van der Waals surface area contributed by atoms with Gasteiger partial charge in [-0.15, -0.1) is 11.3 Å². The zero-order valence-electron chi connectivity index (χ0n) is 11.8. The molecule has 0 aliphatic heterocycles. The van der Waals surface area contributed by atoms with Crippen LogP contribution in [-0.2, 0) is 17.6 Å². The van der Waals surface area contributed by atoms with Crippen LogP contribution in [0.25, 0.3) is 0 Å². The van der Waals surface area contributed by atoms with Crippen LogP contribution in [0.2, 0.25) is 0 Å². The van der Waals surface area contributed by atoms with Gasteiger partial charge in [-0.1, -0.05) is 0 Å². The summed E-state index contributed by atoms with van der Waals surface area (Å²) in [7, 11) is 1.70. The highest BCUT2D eigenvalue weighted by molar-refractivity contribution is 7.14. The van der Waals surface area contributed by atoms with Gasteiger partial charge in [0.25, 0.3) is 5.91 Å². The third kappa shape index (κ3) is 3.03. The van der Waals surface area contributed by atoms with E-state index in [1.165, 1.54) is 28.2 Å². The van der Waals surface area contributed by atoms with Crippen LogP contribution in [0.3, 0.4) is 0 Å². The topological polar surface area (TPSA) is 49.4 Å². The Labute approximate surface area is 123 Å². The Morgan fingerprint density at radius 3 is 2.80 bits per heavy atom. The fraction of sp³-hybridized carbons (Fsp3) is 0.600. The molecule has 0 unspecified atom stereocenters. The van der Waals surface area contributed by atoms with Crippen LogP contribution in [0.4, 0.5) is 0 Å². The van der Waals surface area contributed by atoms with E-state index in [0.717, 1.165) is 30.6 Å². The molecule has 0 atom stereocenters. The summed E-state index contributed by atoms with van der Waals surface area (Å²) in [6.07, 6.45) is 6.77. The van der Waals surface area contributed by atoms with Crippen molar-refractivity contribution in [2.75, 3.05) is 13.6 Å². The second-order valence-corrected chi connectivity index (χ2v) is 6.91. The molecule has 108 valence electrons. The molecule has 1 N–H and O–H groups in total. The van der Waals surface area contributed by atoms with E-state index in [9.17, 15) is 9.59 Å². The van der Waals surface area contributed by atoms with E-state index in [0.29, 0.717) is 6.04 Å². The molecular formula is C15H20N2O2S. The van der Waals surface area contributed by atoms with E-state index in [2.05, 4.69) is 5.32 Å². The Kier molecular flexibility index (Phi) is 3.78. The summed E-state index contributed by atoms with van der Waals surface area (Å²) < 4.78 is 0. The molecule has 5 heteroatoms. The summed E-state index contributed by atoms with van der Waals surface area (Å²) in [4.78, 5) is 27.7. The van der Waals surface area contributed by atoms with E-state index in [4.69, 9.17) is 0 Å². The molecule has 1 heterocycles. The Morgan fingerprint density at radius 1 is 1.35 bits per heavy atom. The number of carbonyl (C=O) groups is 2. The minimum atomic E-state index is -0.0512. The van der Waals surface area contributed by atoms with Crippen molar-refractivity contribution >= 4 is 23.2 Å². The number of hydrogen-bond acceptors (Lipinski definition) is 3. The average Bonchev–Trinajstić information content (AvgIpc) is 3.12. The number of aryl methyl sites for hydroxylation is 2. The highest BCUT2D eigenvalue weighted by Gasteiger charge is 2.25. The smallest absolute Gasteiger partial charge is 0.264 e. The van der Waals surface area contributed by atoms with Gasteiger partial charge in [0.15, 0.2) is 0 Å². The van der Waals surface area contributed by atoms with Crippen LogP contribution in [0.5, 0.6) is 0 Å². The van der Waals surface area contributed by atoms with Crippen LogP contribution in [0.1, 0.15) is 45.8 Å². The first-order valence-corrected chi connectivity index (χ1v) is 8.11. The lowest BCUT2D eigenvalue weighted by Crippen LogP contribution is -2.38. The van der Waals surface area contributed by atoms with E-state index < -0.39 is 0 Å². The Morgan fingerprint density at radius 2 is 2.10 bits per heavy atom. The Bertz CT molecular complexity index is 510. The van der Waals surface area contributed by atoms with Crippen molar-refractivity contribution in [3.8, 4) is 0 Å². The molecule has 0 spiro atoms. The Hall–Kier alpha value is -1.36. The van der Waals surface area contributed by atoms with Crippen molar-refractivity contribution in [1.29, 1.82) is 0 Å². The van der Waals surface area contributed by atoms with E-state index in [-0.39, 0.29) is 18.4 Å². The number of nitrogens with one attached hydrogen (secondary N) is 1. The van der Waals surface area contributed by atoms with Crippen LogP contribution in [0.15, 0.2) is 6.07 Å². The van der Waals surface area contributed by atoms with Crippen molar-refractivity contribution < 1.29 is 9.59 Å². The van der Waals surface area contributed by atoms with Gasteiger partial charge in [-0.05, 0) is 50.2 Å². The summed E-state index contributed by atoms with van der Waals surface area (Å²) in [6.45, 7) is 0.151. The van der Waals surface area contributed by atoms with Gasteiger partial charge < -0.3 is 10.2 Å². The van der Waals surface area contributed by atoms with Gasteiger partial charge >= 0.3 is 0 Å². The summed E-state index contributed by atoms with van der Waals surface area (Å²) in [6, 6.07) is 2.37. The van der Waals surface area contributed by atoms with Crippen LogP contribution >= 0.6 is 11.3 Å². The lowest BCUT2D eigenvalue weighted by molar-refractivity contribution is -0.121. The normalized spacial score (nSPS) is 17.4. The Balaban J connectivity index is 1.61. The second-order valence-electron chi connectivity index (χ2n) is 5.77. The number of fused-ring (bicyclic) bond motifs is 1. The van der Waals surface area contributed by atoms with E-state index in [1.807, 2.05) is 6.07 Å². The maximum absolute atomic E-state index is 12.4. The minimum Gasteiger partial charge on any atom is -0.352 e. The van der Waals surface area contributed by atoms with Gasteiger partial charge in [-0.3, -0.25) is 9.59 Å². The molecule has 1 aromatic heterocycles. The van der Waals surface area contributed by atoms with Crippen LogP contribution < -0.4 is 5.32 Å². The van der Waals surface area contributed by atoms with Crippen LogP contribution in [0, 0.1) is 0 Å².